The van der Waals surface area contributed by atoms with E-state index in [2.05, 4.69) is 39.6 Å². The van der Waals surface area contributed by atoms with Crippen molar-refractivity contribution < 1.29 is 13.9 Å². The highest BCUT2D eigenvalue weighted by Crippen LogP contribution is 2.22. The molecule has 0 aliphatic carbocycles. The Kier molecular flexibility index (Phi) is 6.39. The first kappa shape index (κ1) is 19.3. The number of methoxy groups -OCH3 is 1. The maximum Gasteiger partial charge on any atom is 0.341 e. The third-order valence-corrected chi connectivity index (χ3v) is 5.42. The zero-order chi connectivity index (χ0) is 19.2. The fourth-order valence-corrected chi connectivity index (χ4v) is 3.89. The van der Waals surface area contributed by atoms with Gasteiger partial charge in [-0.05, 0) is 37.4 Å². The van der Waals surface area contributed by atoms with Gasteiger partial charge in [0.2, 0.25) is 0 Å². The van der Waals surface area contributed by atoms with Crippen LogP contribution >= 0.6 is 11.3 Å². The van der Waals surface area contributed by atoms with Crippen LogP contribution in [0, 0.1) is 6.92 Å². The highest BCUT2D eigenvalue weighted by atomic mass is 32.1. The number of thiophene rings is 1. The van der Waals surface area contributed by atoms with E-state index in [0.717, 1.165) is 38.7 Å². The average molecular weight is 391 g/mol. The third kappa shape index (κ3) is 4.63. The van der Waals surface area contributed by atoms with Gasteiger partial charge in [0.05, 0.1) is 12.1 Å². The van der Waals surface area contributed by atoms with E-state index in [9.17, 15) is 4.79 Å². The van der Waals surface area contributed by atoms with Crippen LogP contribution in [0.5, 0.6) is 0 Å². The molecule has 2 aromatic rings. The summed E-state index contributed by atoms with van der Waals surface area (Å²) in [6.07, 6.45) is 0. The molecule has 0 atom stereocenters. The lowest BCUT2D eigenvalue weighted by Crippen LogP contribution is -2.52. The lowest BCUT2D eigenvalue weighted by atomic mass is 10.2. The molecule has 0 aromatic carbocycles. The van der Waals surface area contributed by atoms with Gasteiger partial charge >= 0.3 is 5.97 Å². The lowest BCUT2D eigenvalue weighted by molar-refractivity contribution is 0.0599. The number of hydrogen-bond donors (Lipinski definition) is 1. The number of furan rings is 1. The van der Waals surface area contributed by atoms with Crippen LogP contribution in [0.25, 0.3) is 0 Å². The highest BCUT2D eigenvalue weighted by molar-refractivity contribution is 7.14. The van der Waals surface area contributed by atoms with Crippen LogP contribution in [0.1, 0.15) is 28.8 Å². The zero-order valence-electron chi connectivity index (χ0n) is 16.0. The molecular weight excluding hydrogens is 364 g/mol. The van der Waals surface area contributed by atoms with Crippen molar-refractivity contribution in [3.05, 3.63) is 40.7 Å². The van der Waals surface area contributed by atoms with E-state index in [1.54, 1.807) is 24.3 Å². The molecule has 0 saturated carbocycles. The van der Waals surface area contributed by atoms with E-state index < -0.39 is 0 Å². The molecule has 146 valence electrons. The minimum Gasteiger partial charge on any atom is -0.465 e. The summed E-state index contributed by atoms with van der Waals surface area (Å²) in [4.78, 5) is 21.1. The molecule has 0 radical (unpaired) electrons. The predicted molar refractivity (Wildman–Crippen MR) is 108 cm³/mol. The molecule has 1 fully saturated rings. The predicted octanol–water partition coefficient (Wildman–Crippen LogP) is 2.72. The molecule has 8 heteroatoms. The molecule has 0 amide bonds. The summed E-state index contributed by atoms with van der Waals surface area (Å²) >= 11 is 1.78. The smallest absolute Gasteiger partial charge is 0.341 e. The molecule has 0 unspecified atom stereocenters. The van der Waals surface area contributed by atoms with Crippen LogP contribution in [-0.4, -0.2) is 56.7 Å². The Morgan fingerprint density at radius 2 is 2.15 bits per heavy atom. The molecular formula is C19H26N4O3S. The second-order valence-corrected chi connectivity index (χ2v) is 7.20. The first-order valence-corrected chi connectivity index (χ1v) is 9.99. The molecule has 0 bridgehead atoms. The summed E-state index contributed by atoms with van der Waals surface area (Å²) in [5, 5.41) is 6.78. The van der Waals surface area contributed by atoms with E-state index in [1.165, 1.54) is 12.1 Å². The Morgan fingerprint density at radius 3 is 2.78 bits per heavy atom. The second-order valence-electron chi connectivity index (χ2n) is 6.27. The molecule has 1 aliphatic rings. The van der Waals surface area contributed by atoms with Crippen molar-refractivity contribution in [2.75, 3.05) is 44.7 Å². The number of hydrogen-bond acceptors (Lipinski definition) is 6. The van der Waals surface area contributed by atoms with Crippen LogP contribution in [0.4, 0.5) is 5.00 Å². The Balaban J connectivity index is 1.64. The minimum absolute atomic E-state index is 0.380. The van der Waals surface area contributed by atoms with E-state index in [4.69, 9.17) is 14.1 Å². The number of rotatable bonds is 5. The minimum atomic E-state index is -0.386. The van der Waals surface area contributed by atoms with Crippen LogP contribution < -0.4 is 10.2 Å². The quantitative estimate of drug-likeness (QED) is 0.481. The van der Waals surface area contributed by atoms with Gasteiger partial charge in [-0.2, -0.15) is 0 Å². The van der Waals surface area contributed by atoms with E-state index >= 15 is 0 Å². The standard InChI is InChI=1S/C19H26N4O3S/c1-4-20-19(21-13-15-12-16(14(2)26-15)18(24)25-3)23-9-7-22(8-10-23)17-6-5-11-27-17/h5-6,11-12H,4,7-10,13H2,1-3H3,(H,20,21). The summed E-state index contributed by atoms with van der Waals surface area (Å²) in [7, 11) is 1.37. The number of anilines is 1. The summed E-state index contributed by atoms with van der Waals surface area (Å²) in [5.74, 6) is 1.70. The topological polar surface area (TPSA) is 70.3 Å². The van der Waals surface area contributed by atoms with Crippen LogP contribution in [0.15, 0.2) is 33.0 Å². The molecule has 7 nitrogen and oxygen atoms in total. The number of aryl methyl sites for hydroxylation is 1. The van der Waals surface area contributed by atoms with Gasteiger partial charge in [-0.15, -0.1) is 11.3 Å². The summed E-state index contributed by atoms with van der Waals surface area (Å²) < 4.78 is 10.4. The highest BCUT2D eigenvalue weighted by Gasteiger charge is 2.21. The Hall–Kier alpha value is -2.48. The Bertz CT molecular complexity index is 777. The van der Waals surface area contributed by atoms with Crippen LogP contribution in [0.2, 0.25) is 0 Å². The lowest BCUT2D eigenvalue weighted by Gasteiger charge is -2.37. The van der Waals surface area contributed by atoms with Gasteiger partial charge in [-0.25, -0.2) is 9.79 Å². The number of esters is 1. The molecule has 1 saturated heterocycles. The van der Waals surface area contributed by atoms with E-state index in [-0.39, 0.29) is 5.97 Å². The zero-order valence-corrected chi connectivity index (χ0v) is 16.8. The SMILES string of the molecule is CCNC(=NCc1cc(C(=O)OC)c(C)o1)N1CCN(c2cccs2)CC1. The van der Waals surface area contributed by atoms with Crippen molar-refractivity contribution >= 4 is 28.3 Å². The van der Waals surface area contributed by atoms with Crippen molar-refractivity contribution in [2.24, 2.45) is 4.99 Å². The molecule has 3 heterocycles. The number of nitrogens with zero attached hydrogens (tertiary/aromatic N) is 3. The van der Waals surface area contributed by atoms with Gasteiger partial charge in [-0.3, -0.25) is 0 Å². The Morgan fingerprint density at radius 1 is 1.37 bits per heavy atom. The number of nitrogens with one attached hydrogen (secondary N) is 1. The third-order valence-electron chi connectivity index (χ3n) is 4.49. The molecule has 1 N–H and O–H groups in total. The number of aliphatic imine (C=N–C) groups is 1. The first-order chi connectivity index (χ1) is 13.1. The van der Waals surface area contributed by atoms with Crippen molar-refractivity contribution in [1.82, 2.24) is 10.2 Å². The molecule has 2 aromatic heterocycles. The van der Waals surface area contributed by atoms with Gasteiger partial charge in [0, 0.05) is 32.7 Å². The molecule has 1 aliphatic heterocycles. The Labute approximate surface area is 163 Å². The van der Waals surface area contributed by atoms with Crippen molar-refractivity contribution in [3.8, 4) is 0 Å². The monoisotopic (exact) mass is 390 g/mol. The van der Waals surface area contributed by atoms with Gasteiger partial charge in [0.1, 0.15) is 23.6 Å². The van der Waals surface area contributed by atoms with Crippen molar-refractivity contribution in [1.29, 1.82) is 0 Å². The fraction of sp³-hybridized carbons (Fsp3) is 0.474. The molecule has 27 heavy (non-hydrogen) atoms. The number of guanidine groups is 1. The van der Waals surface area contributed by atoms with Gasteiger partial charge < -0.3 is 24.3 Å². The summed E-state index contributed by atoms with van der Waals surface area (Å²) in [6, 6.07) is 5.96. The van der Waals surface area contributed by atoms with Gasteiger partial charge in [0.15, 0.2) is 5.96 Å². The molecule has 0 spiro atoms. The van der Waals surface area contributed by atoms with Crippen molar-refractivity contribution in [3.63, 3.8) is 0 Å². The number of piperazine rings is 1. The van der Waals surface area contributed by atoms with E-state index in [0.29, 0.717) is 23.6 Å². The summed E-state index contributed by atoms with van der Waals surface area (Å²) in [6.45, 7) is 8.76. The number of carbonyl (C=O) groups is 1. The normalized spacial score (nSPS) is 15.1. The number of carbonyl (C=O) groups excluding carboxylic acids is 1. The maximum atomic E-state index is 11.7. The largest absolute Gasteiger partial charge is 0.465 e. The van der Waals surface area contributed by atoms with Crippen molar-refractivity contribution in [2.45, 2.75) is 20.4 Å². The maximum absolute atomic E-state index is 11.7. The number of ether oxygens (including phenoxy) is 1. The second kappa shape index (κ2) is 8.94. The first-order valence-electron chi connectivity index (χ1n) is 9.11. The van der Waals surface area contributed by atoms with Gasteiger partial charge in [-0.1, -0.05) is 0 Å². The summed E-state index contributed by atoms with van der Waals surface area (Å²) in [5.41, 5.74) is 0.456. The van der Waals surface area contributed by atoms with Gasteiger partial charge in [0.25, 0.3) is 0 Å². The molecule has 3 rings (SSSR count). The van der Waals surface area contributed by atoms with E-state index in [1.807, 2.05) is 0 Å². The van der Waals surface area contributed by atoms with Crippen LogP contribution in [-0.2, 0) is 11.3 Å². The fourth-order valence-electron chi connectivity index (χ4n) is 3.10. The average Bonchev–Trinajstić information content (AvgIpc) is 3.34. The van der Waals surface area contributed by atoms with Crippen LogP contribution in [0.3, 0.4) is 0 Å².